The minimum absolute atomic E-state index is 0.575. The second-order valence-electron chi connectivity index (χ2n) is 14.1. The van der Waals surface area contributed by atoms with Gasteiger partial charge in [-0.2, -0.15) is 9.97 Å². The SMILES string of the molecule is c1ccc(-c2nc(-c3ccccc3)nc(-n3c4ccccc4c4cc(-c5ccc6c(c5)c5ccccc5n6-c5ccccc5)c(-c5ccccc5)cc43)n2)cc1. The molecule has 5 nitrogen and oxygen atoms in total. The fourth-order valence-corrected chi connectivity index (χ4v) is 8.22. The highest BCUT2D eigenvalue weighted by atomic mass is 15.2. The van der Waals surface area contributed by atoms with Gasteiger partial charge >= 0.3 is 0 Å². The Hall–Kier alpha value is -7.63. The summed E-state index contributed by atoms with van der Waals surface area (Å²) in [5.41, 5.74) is 12.0. The zero-order valence-corrected chi connectivity index (χ0v) is 30.3. The van der Waals surface area contributed by atoms with Crippen molar-refractivity contribution < 1.29 is 0 Å². The van der Waals surface area contributed by atoms with E-state index in [0.717, 1.165) is 60.9 Å². The molecule has 3 aromatic heterocycles. The van der Waals surface area contributed by atoms with Crippen LogP contribution in [0.1, 0.15) is 0 Å². The first kappa shape index (κ1) is 31.9. The van der Waals surface area contributed by atoms with Crippen LogP contribution >= 0.6 is 0 Å². The molecule has 8 aromatic carbocycles. The summed E-state index contributed by atoms with van der Waals surface area (Å²) in [6.45, 7) is 0. The van der Waals surface area contributed by atoms with Crippen molar-refractivity contribution >= 4 is 43.6 Å². The minimum Gasteiger partial charge on any atom is -0.309 e. The molecule has 0 radical (unpaired) electrons. The summed E-state index contributed by atoms with van der Waals surface area (Å²) in [5, 5.41) is 4.71. The molecule has 0 amide bonds. The number of hydrogen-bond donors (Lipinski definition) is 0. The van der Waals surface area contributed by atoms with Crippen molar-refractivity contribution in [3.8, 4) is 56.7 Å². The van der Waals surface area contributed by atoms with E-state index in [0.29, 0.717) is 17.6 Å². The Morgan fingerprint density at radius 3 is 1.36 bits per heavy atom. The lowest BCUT2D eigenvalue weighted by Crippen LogP contribution is -2.06. The average molecular weight is 716 g/mol. The van der Waals surface area contributed by atoms with Gasteiger partial charge < -0.3 is 4.57 Å². The second kappa shape index (κ2) is 13.0. The van der Waals surface area contributed by atoms with E-state index in [-0.39, 0.29) is 0 Å². The van der Waals surface area contributed by atoms with Gasteiger partial charge in [0.2, 0.25) is 5.95 Å². The van der Waals surface area contributed by atoms with Gasteiger partial charge in [-0.3, -0.25) is 4.57 Å². The number of rotatable bonds is 6. The molecule has 3 heterocycles. The van der Waals surface area contributed by atoms with Gasteiger partial charge in [0.05, 0.1) is 22.1 Å². The molecule has 0 bridgehead atoms. The highest BCUT2D eigenvalue weighted by Crippen LogP contribution is 2.42. The Bertz CT molecular complexity index is 3160. The maximum absolute atomic E-state index is 5.18. The molecule has 262 valence electrons. The minimum atomic E-state index is 0.575. The molecule has 0 atom stereocenters. The van der Waals surface area contributed by atoms with Crippen LogP contribution < -0.4 is 0 Å². The molecule has 0 fully saturated rings. The van der Waals surface area contributed by atoms with Crippen LogP contribution in [0.25, 0.3) is 100 Å². The Balaban J connectivity index is 1.19. The second-order valence-corrected chi connectivity index (χ2v) is 14.1. The van der Waals surface area contributed by atoms with Crippen LogP contribution in [0.4, 0.5) is 0 Å². The summed E-state index contributed by atoms with van der Waals surface area (Å²) in [4.78, 5) is 15.4. The molecule has 0 aliphatic heterocycles. The van der Waals surface area contributed by atoms with Crippen molar-refractivity contribution in [3.63, 3.8) is 0 Å². The molecule has 0 unspecified atom stereocenters. The monoisotopic (exact) mass is 715 g/mol. The lowest BCUT2D eigenvalue weighted by Gasteiger charge is -2.14. The van der Waals surface area contributed by atoms with Crippen LogP contribution in [-0.2, 0) is 0 Å². The number of nitrogens with zero attached hydrogens (tertiary/aromatic N) is 5. The van der Waals surface area contributed by atoms with Crippen molar-refractivity contribution in [1.29, 1.82) is 0 Å². The summed E-state index contributed by atoms with van der Waals surface area (Å²) < 4.78 is 4.57. The molecule has 0 N–H and O–H groups in total. The molecular formula is C51H33N5. The zero-order valence-electron chi connectivity index (χ0n) is 30.3. The normalized spacial score (nSPS) is 11.6. The highest BCUT2D eigenvalue weighted by Gasteiger charge is 2.21. The van der Waals surface area contributed by atoms with Gasteiger partial charge in [-0.1, -0.05) is 152 Å². The van der Waals surface area contributed by atoms with E-state index in [2.05, 4.69) is 149 Å². The van der Waals surface area contributed by atoms with Gasteiger partial charge in [0, 0.05) is 38.4 Å². The maximum Gasteiger partial charge on any atom is 0.238 e. The molecule has 0 saturated heterocycles. The Kier molecular flexibility index (Phi) is 7.42. The predicted molar refractivity (Wildman–Crippen MR) is 230 cm³/mol. The predicted octanol–water partition coefficient (Wildman–Crippen LogP) is 12.7. The van der Waals surface area contributed by atoms with E-state index in [1.165, 1.54) is 21.8 Å². The van der Waals surface area contributed by atoms with E-state index in [9.17, 15) is 0 Å². The highest BCUT2D eigenvalue weighted by molar-refractivity contribution is 6.14. The largest absolute Gasteiger partial charge is 0.309 e. The Morgan fingerprint density at radius 2 is 0.750 bits per heavy atom. The molecule has 0 aliphatic carbocycles. The van der Waals surface area contributed by atoms with Gasteiger partial charge in [-0.15, -0.1) is 0 Å². The molecular weight excluding hydrogens is 683 g/mol. The van der Waals surface area contributed by atoms with Crippen LogP contribution in [0.15, 0.2) is 200 Å². The molecule has 56 heavy (non-hydrogen) atoms. The molecule has 0 spiro atoms. The summed E-state index contributed by atoms with van der Waals surface area (Å²) in [6, 6.07) is 70.5. The molecule has 11 aromatic rings. The maximum atomic E-state index is 5.18. The van der Waals surface area contributed by atoms with Crippen molar-refractivity contribution in [2.24, 2.45) is 0 Å². The topological polar surface area (TPSA) is 48.5 Å². The van der Waals surface area contributed by atoms with Gasteiger partial charge in [0.15, 0.2) is 11.6 Å². The number of hydrogen-bond acceptors (Lipinski definition) is 3. The zero-order chi connectivity index (χ0) is 37.0. The average Bonchev–Trinajstić information content (AvgIpc) is 3.79. The van der Waals surface area contributed by atoms with E-state index in [1.54, 1.807) is 0 Å². The van der Waals surface area contributed by atoms with Crippen LogP contribution in [0, 0.1) is 0 Å². The van der Waals surface area contributed by atoms with Gasteiger partial charge in [0.25, 0.3) is 0 Å². The first-order valence-corrected chi connectivity index (χ1v) is 18.9. The molecule has 0 aliphatic rings. The summed E-state index contributed by atoms with van der Waals surface area (Å²) in [6.07, 6.45) is 0. The number of fused-ring (bicyclic) bond motifs is 6. The van der Waals surface area contributed by atoms with Gasteiger partial charge in [-0.05, 0) is 70.8 Å². The first-order chi connectivity index (χ1) is 27.8. The molecule has 5 heteroatoms. The van der Waals surface area contributed by atoms with E-state index < -0.39 is 0 Å². The third-order valence-electron chi connectivity index (χ3n) is 10.8. The summed E-state index contributed by atoms with van der Waals surface area (Å²) in [7, 11) is 0. The van der Waals surface area contributed by atoms with Crippen molar-refractivity contribution in [2.45, 2.75) is 0 Å². The summed E-state index contributed by atoms with van der Waals surface area (Å²) >= 11 is 0. The van der Waals surface area contributed by atoms with Crippen LogP contribution in [-0.4, -0.2) is 24.1 Å². The van der Waals surface area contributed by atoms with Crippen molar-refractivity contribution in [1.82, 2.24) is 24.1 Å². The van der Waals surface area contributed by atoms with E-state index in [4.69, 9.17) is 15.0 Å². The number of benzene rings is 8. The standard InChI is InChI=1S/C51H33N5/c1-5-17-34(18-6-1)42-33-48-44(32-41(42)37-29-30-47-43(31-37)39-25-13-15-27-45(39)55(47)38-23-11-4-12-24-38)40-26-14-16-28-46(40)56(48)51-53-49(35-19-7-2-8-20-35)52-50(54-51)36-21-9-3-10-22-36/h1-33H. The fraction of sp³-hybridized carbons (Fsp3) is 0. The van der Waals surface area contributed by atoms with Crippen LogP contribution in [0.3, 0.4) is 0 Å². The molecule has 0 saturated carbocycles. The fourth-order valence-electron chi connectivity index (χ4n) is 8.22. The Morgan fingerprint density at radius 1 is 0.286 bits per heavy atom. The van der Waals surface area contributed by atoms with Crippen LogP contribution in [0.2, 0.25) is 0 Å². The number of para-hydroxylation sites is 3. The first-order valence-electron chi connectivity index (χ1n) is 18.9. The quantitative estimate of drug-likeness (QED) is 0.172. The lowest BCUT2D eigenvalue weighted by molar-refractivity contribution is 0.953. The third-order valence-corrected chi connectivity index (χ3v) is 10.8. The van der Waals surface area contributed by atoms with E-state index >= 15 is 0 Å². The van der Waals surface area contributed by atoms with E-state index in [1.807, 2.05) is 60.7 Å². The van der Waals surface area contributed by atoms with Crippen LogP contribution in [0.5, 0.6) is 0 Å². The number of aromatic nitrogens is 5. The Labute approximate surface area is 323 Å². The molecule has 11 rings (SSSR count). The summed E-state index contributed by atoms with van der Waals surface area (Å²) in [5.74, 6) is 1.83. The van der Waals surface area contributed by atoms with Crippen molar-refractivity contribution in [2.75, 3.05) is 0 Å². The van der Waals surface area contributed by atoms with Gasteiger partial charge in [-0.25, -0.2) is 4.98 Å². The van der Waals surface area contributed by atoms with Gasteiger partial charge in [0.1, 0.15) is 0 Å². The lowest BCUT2D eigenvalue weighted by atomic mass is 9.92. The van der Waals surface area contributed by atoms with Crippen molar-refractivity contribution in [3.05, 3.63) is 200 Å². The third kappa shape index (κ3) is 5.21. The smallest absolute Gasteiger partial charge is 0.238 e.